The van der Waals surface area contributed by atoms with Crippen molar-refractivity contribution in [2.45, 2.75) is 25.4 Å². The van der Waals surface area contributed by atoms with Gasteiger partial charge in [0.05, 0.1) is 14.2 Å². The van der Waals surface area contributed by atoms with Gasteiger partial charge in [0.1, 0.15) is 11.8 Å². The number of benzene rings is 2. The average Bonchev–Trinajstić information content (AvgIpc) is 2.65. The molecule has 0 saturated heterocycles. The standard InChI is InChI=1S/C20H23NO3/c1-23-18-9-7-15(8-10-18)11-12-21-14-17-6-4-3-5-16(17)13-19(21)20(22)24-2/h3-10,19H,11-14H2,1-2H3. The minimum Gasteiger partial charge on any atom is -0.497 e. The van der Waals surface area contributed by atoms with Crippen molar-refractivity contribution in [1.29, 1.82) is 0 Å². The number of hydrogen-bond acceptors (Lipinski definition) is 4. The van der Waals surface area contributed by atoms with Crippen LogP contribution in [0.25, 0.3) is 0 Å². The molecule has 1 heterocycles. The van der Waals surface area contributed by atoms with Crippen molar-refractivity contribution in [1.82, 2.24) is 4.90 Å². The van der Waals surface area contributed by atoms with E-state index < -0.39 is 0 Å². The van der Waals surface area contributed by atoms with Crippen molar-refractivity contribution in [3.05, 3.63) is 65.2 Å². The molecule has 1 aliphatic rings. The van der Waals surface area contributed by atoms with Crippen LogP contribution < -0.4 is 4.74 Å². The highest BCUT2D eigenvalue weighted by Crippen LogP contribution is 2.24. The summed E-state index contributed by atoms with van der Waals surface area (Å²) in [5.74, 6) is 0.706. The lowest BCUT2D eigenvalue weighted by Crippen LogP contribution is -2.46. The Kier molecular flexibility index (Phi) is 5.16. The number of carbonyl (C=O) groups excluding carboxylic acids is 1. The van der Waals surface area contributed by atoms with Crippen molar-refractivity contribution in [3.8, 4) is 5.75 Å². The maximum absolute atomic E-state index is 12.2. The molecule has 4 heteroatoms. The second-order valence-electron chi connectivity index (χ2n) is 6.08. The number of carbonyl (C=O) groups is 1. The molecular weight excluding hydrogens is 302 g/mol. The highest BCUT2D eigenvalue weighted by atomic mass is 16.5. The Balaban J connectivity index is 1.72. The Hall–Kier alpha value is -2.33. The Morgan fingerprint density at radius 3 is 2.46 bits per heavy atom. The molecule has 2 aromatic carbocycles. The van der Waals surface area contributed by atoms with Gasteiger partial charge in [-0.25, -0.2) is 0 Å². The molecule has 0 spiro atoms. The summed E-state index contributed by atoms with van der Waals surface area (Å²) in [5.41, 5.74) is 3.78. The first-order valence-electron chi connectivity index (χ1n) is 8.23. The van der Waals surface area contributed by atoms with Crippen LogP contribution in [0.3, 0.4) is 0 Å². The molecule has 0 N–H and O–H groups in total. The monoisotopic (exact) mass is 325 g/mol. The quantitative estimate of drug-likeness (QED) is 0.793. The summed E-state index contributed by atoms with van der Waals surface area (Å²) < 4.78 is 10.2. The third-order valence-corrected chi connectivity index (χ3v) is 4.67. The Morgan fingerprint density at radius 2 is 1.79 bits per heavy atom. The summed E-state index contributed by atoms with van der Waals surface area (Å²) in [6.45, 7) is 1.60. The molecule has 0 aliphatic carbocycles. The summed E-state index contributed by atoms with van der Waals surface area (Å²) in [6.07, 6.45) is 1.60. The molecule has 2 aromatic rings. The molecule has 0 aromatic heterocycles. The van der Waals surface area contributed by atoms with Crippen LogP contribution in [0.2, 0.25) is 0 Å². The van der Waals surface area contributed by atoms with Crippen molar-refractivity contribution in [2.24, 2.45) is 0 Å². The molecule has 1 unspecified atom stereocenters. The molecule has 0 saturated carbocycles. The van der Waals surface area contributed by atoms with Gasteiger partial charge in [-0.3, -0.25) is 9.69 Å². The van der Waals surface area contributed by atoms with Gasteiger partial charge >= 0.3 is 5.97 Å². The van der Waals surface area contributed by atoms with Gasteiger partial charge in [0.25, 0.3) is 0 Å². The highest BCUT2D eigenvalue weighted by molar-refractivity contribution is 5.76. The number of ether oxygens (including phenoxy) is 2. The lowest BCUT2D eigenvalue weighted by atomic mass is 9.93. The van der Waals surface area contributed by atoms with Crippen LogP contribution in [0.5, 0.6) is 5.75 Å². The van der Waals surface area contributed by atoms with Gasteiger partial charge < -0.3 is 9.47 Å². The minimum atomic E-state index is -0.205. The molecule has 0 bridgehead atoms. The van der Waals surface area contributed by atoms with E-state index in [0.717, 1.165) is 25.3 Å². The SMILES string of the molecule is COC(=O)C1Cc2ccccc2CN1CCc1ccc(OC)cc1. The zero-order chi connectivity index (χ0) is 16.9. The molecule has 0 fully saturated rings. The summed E-state index contributed by atoms with van der Waals surface area (Å²) in [7, 11) is 3.13. The average molecular weight is 325 g/mol. The fourth-order valence-electron chi connectivity index (χ4n) is 3.25. The van der Waals surface area contributed by atoms with Crippen molar-refractivity contribution < 1.29 is 14.3 Å². The van der Waals surface area contributed by atoms with Gasteiger partial charge in [0, 0.05) is 13.1 Å². The predicted molar refractivity (Wildman–Crippen MR) is 93.1 cm³/mol. The Morgan fingerprint density at radius 1 is 1.08 bits per heavy atom. The van der Waals surface area contributed by atoms with E-state index in [1.807, 2.05) is 18.2 Å². The molecule has 1 aliphatic heterocycles. The van der Waals surface area contributed by atoms with Gasteiger partial charge in [-0.2, -0.15) is 0 Å². The maximum atomic E-state index is 12.2. The van der Waals surface area contributed by atoms with Gasteiger partial charge in [-0.15, -0.1) is 0 Å². The zero-order valence-electron chi connectivity index (χ0n) is 14.2. The molecule has 0 radical (unpaired) electrons. The number of hydrogen-bond donors (Lipinski definition) is 0. The highest BCUT2D eigenvalue weighted by Gasteiger charge is 2.31. The fourth-order valence-corrected chi connectivity index (χ4v) is 3.25. The molecular formula is C20H23NO3. The van der Waals surface area contributed by atoms with E-state index in [0.29, 0.717) is 6.42 Å². The number of fused-ring (bicyclic) bond motifs is 1. The van der Waals surface area contributed by atoms with Crippen molar-refractivity contribution in [2.75, 3.05) is 20.8 Å². The molecule has 3 rings (SSSR count). The van der Waals surface area contributed by atoms with Crippen LogP contribution >= 0.6 is 0 Å². The Bertz CT molecular complexity index is 696. The number of nitrogens with zero attached hydrogens (tertiary/aromatic N) is 1. The van der Waals surface area contributed by atoms with Crippen LogP contribution in [0.4, 0.5) is 0 Å². The van der Waals surface area contributed by atoms with Gasteiger partial charge in [-0.05, 0) is 41.7 Å². The van der Waals surface area contributed by atoms with Crippen LogP contribution in [-0.2, 0) is 28.9 Å². The van der Waals surface area contributed by atoms with Crippen LogP contribution in [0.1, 0.15) is 16.7 Å². The lowest BCUT2D eigenvalue weighted by Gasteiger charge is -2.35. The number of methoxy groups -OCH3 is 2. The second-order valence-corrected chi connectivity index (χ2v) is 6.08. The maximum Gasteiger partial charge on any atom is 0.323 e. The summed E-state index contributed by atoms with van der Waals surface area (Å²) in [4.78, 5) is 14.4. The van der Waals surface area contributed by atoms with Crippen molar-refractivity contribution in [3.63, 3.8) is 0 Å². The zero-order valence-corrected chi connectivity index (χ0v) is 14.2. The molecule has 24 heavy (non-hydrogen) atoms. The smallest absolute Gasteiger partial charge is 0.323 e. The van der Waals surface area contributed by atoms with Gasteiger partial charge in [0.15, 0.2) is 0 Å². The normalized spacial score (nSPS) is 17.2. The van der Waals surface area contributed by atoms with Crippen LogP contribution in [0, 0.1) is 0 Å². The molecule has 0 amide bonds. The van der Waals surface area contributed by atoms with Gasteiger partial charge in [-0.1, -0.05) is 36.4 Å². The van der Waals surface area contributed by atoms with E-state index in [9.17, 15) is 4.79 Å². The van der Waals surface area contributed by atoms with Crippen molar-refractivity contribution >= 4 is 5.97 Å². The van der Waals surface area contributed by atoms with Gasteiger partial charge in [0.2, 0.25) is 0 Å². The lowest BCUT2D eigenvalue weighted by molar-refractivity contribution is -0.147. The van der Waals surface area contributed by atoms with Crippen LogP contribution in [-0.4, -0.2) is 37.7 Å². The number of esters is 1. The Labute approximate surface area is 143 Å². The third-order valence-electron chi connectivity index (χ3n) is 4.67. The largest absolute Gasteiger partial charge is 0.497 e. The predicted octanol–water partition coefficient (Wildman–Crippen LogP) is 2.84. The van der Waals surface area contributed by atoms with Crippen LogP contribution in [0.15, 0.2) is 48.5 Å². The van der Waals surface area contributed by atoms with E-state index in [-0.39, 0.29) is 12.0 Å². The van der Waals surface area contributed by atoms with E-state index in [2.05, 4.69) is 35.2 Å². The topological polar surface area (TPSA) is 38.8 Å². The van der Waals surface area contributed by atoms with E-state index in [4.69, 9.17) is 9.47 Å². The first kappa shape index (κ1) is 16.5. The molecule has 1 atom stereocenters. The first-order valence-corrected chi connectivity index (χ1v) is 8.23. The second kappa shape index (κ2) is 7.49. The minimum absolute atomic E-state index is 0.153. The molecule has 4 nitrogen and oxygen atoms in total. The molecule has 126 valence electrons. The van der Waals surface area contributed by atoms with E-state index in [1.165, 1.54) is 23.8 Å². The number of rotatable bonds is 5. The fraction of sp³-hybridized carbons (Fsp3) is 0.350. The van der Waals surface area contributed by atoms with E-state index in [1.54, 1.807) is 7.11 Å². The summed E-state index contributed by atoms with van der Waals surface area (Å²) in [6, 6.07) is 16.2. The third kappa shape index (κ3) is 3.60. The first-order chi connectivity index (χ1) is 11.7. The van der Waals surface area contributed by atoms with E-state index >= 15 is 0 Å². The summed E-state index contributed by atoms with van der Waals surface area (Å²) in [5, 5.41) is 0. The summed E-state index contributed by atoms with van der Waals surface area (Å²) >= 11 is 0.